The van der Waals surface area contributed by atoms with Gasteiger partial charge in [0.15, 0.2) is 26.4 Å². The van der Waals surface area contributed by atoms with Crippen LogP contribution in [0.4, 0.5) is 0 Å². The lowest BCUT2D eigenvalue weighted by Crippen LogP contribution is -2.00. The second-order valence-corrected chi connectivity index (χ2v) is 9.03. The number of benzene rings is 2. The summed E-state index contributed by atoms with van der Waals surface area (Å²) in [5, 5.41) is 18.2. The van der Waals surface area contributed by atoms with E-state index in [2.05, 4.69) is 0 Å². The van der Waals surface area contributed by atoms with Crippen molar-refractivity contribution in [3.8, 4) is 0 Å². The van der Waals surface area contributed by atoms with Crippen LogP contribution in [-0.2, 0) is 9.14 Å². The Bertz CT molecular complexity index is 737. The highest BCUT2D eigenvalue weighted by atomic mass is 35.8. The molecule has 4 nitrogen and oxygen atoms in total. The molecular formula is C14H9Cl2O4S2+. The maximum absolute atomic E-state index is 11.1. The van der Waals surface area contributed by atoms with Gasteiger partial charge in [0, 0.05) is 6.07 Å². The molecule has 2 N–H and O–H groups in total. The van der Waals surface area contributed by atoms with E-state index in [0.717, 1.165) is 0 Å². The maximum atomic E-state index is 11.1. The van der Waals surface area contributed by atoms with Crippen molar-refractivity contribution in [3.63, 3.8) is 0 Å². The third-order valence-electron chi connectivity index (χ3n) is 2.60. The summed E-state index contributed by atoms with van der Waals surface area (Å²) in [6.45, 7) is 0. The third-order valence-corrected chi connectivity index (χ3v) is 6.85. The average molecular weight is 376 g/mol. The topological polar surface area (TPSA) is 74.6 Å². The van der Waals surface area contributed by atoms with Crippen molar-refractivity contribution in [2.24, 2.45) is 0 Å². The zero-order valence-corrected chi connectivity index (χ0v) is 14.0. The molecule has 0 radical (unpaired) electrons. The summed E-state index contributed by atoms with van der Waals surface area (Å²) in [5.41, 5.74) is 0.151. The smallest absolute Gasteiger partial charge is 0.337 e. The van der Waals surface area contributed by atoms with Crippen LogP contribution in [0.5, 0.6) is 0 Å². The molecule has 0 amide bonds. The molecule has 0 saturated heterocycles. The Balaban J connectivity index is 2.24. The summed E-state index contributed by atoms with van der Waals surface area (Å²) < 4.78 is 0. The zero-order valence-electron chi connectivity index (χ0n) is 10.8. The van der Waals surface area contributed by atoms with Gasteiger partial charge in [-0.2, -0.15) is 0 Å². The number of carbonyl (C=O) groups is 2. The third kappa shape index (κ3) is 4.10. The van der Waals surface area contributed by atoms with Crippen LogP contribution >= 0.6 is 33.1 Å². The Hall–Kier alpha value is -1.34. The molecule has 22 heavy (non-hydrogen) atoms. The van der Waals surface area contributed by atoms with E-state index in [4.69, 9.17) is 32.5 Å². The Kier molecular flexibility index (Phi) is 5.63. The first-order valence-corrected chi connectivity index (χ1v) is 9.60. The van der Waals surface area contributed by atoms with Gasteiger partial charge in [-0.25, -0.2) is 9.59 Å². The fourth-order valence-electron chi connectivity index (χ4n) is 1.58. The fourth-order valence-corrected chi connectivity index (χ4v) is 5.10. The highest BCUT2D eigenvalue weighted by Gasteiger charge is 2.26. The highest BCUT2D eigenvalue weighted by Crippen LogP contribution is 2.37. The molecule has 2 aromatic carbocycles. The summed E-state index contributed by atoms with van der Waals surface area (Å²) >= 11 is 5.82. The quantitative estimate of drug-likeness (QED) is 0.591. The molecule has 8 heteroatoms. The molecule has 0 heterocycles. The van der Waals surface area contributed by atoms with Crippen molar-refractivity contribution in [3.05, 3.63) is 58.6 Å². The second-order valence-electron chi connectivity index (χ2n) is 4.09. The van der Waals surface area contributed by atoms with E-state index in [-0.39, 0.29) is 16.1 Å². The monoisotopic (exact) mass is 375 g/mol. The molecule has 0 aliphatic carbocycles. The Morgan fingerprint density at radius 3 is 2.41 bits per heavy atom. The van der Waals surface area contributed by atoms with Crippen LogP contribution in [-0.4, -0.2) is 22.2 Å². The van der Waals surface area contributed by atoms with E-state index < -0.39 is 21.1 Å². The van der Waals surface area contributed by atoms with Crippen LogP contribution in [0, 0.1) is 0 Å². The van der Waals surface area contributed by atoms with Crippen molar-refractivity contribution in [2.75, 3.05) is 0 Å². The zero-order chi connectivity index (χ0) is 16.3. The molecular weight excluding hydrogens is 367 g/mol. The van der Waals surface area contributed by atoms with Gasteiger partial charge in [0.05, 0.1) is 21.0 Å². The first-order valence-electron chi connectivity index (χ1n) is 5.83. The predicted molar refractivity (Wildman–Crippen MR) is 89.2 cm³/mol. The number of hydrogen-bond donors (Lipinski definition) is 2. The van der Waals surface area contributed by atoms with Crippen LogP contribution in [0.15, 0.2) is 52.3 Å². The summed E-state index contributed by atoms with van der Waals surface area (Å²) in [4.78, 5) is 23.3. The fraction of sp³-hybridized carbons (Fsp3) is 0. The Labute approximate surface area is 142 Å². The summed E-state index contributed by atoms with van der Waals surface area (Å²) in [5.74, 6) is -2.14. The van der Waals surface area contributed by atoms with Gasteiger partial charge in [-0.1, -0.05) is 17.7 Å². The van der Waals surface area contributed by atoms with Gasteiger partial charge in [0.2, 0.25) is 9.14 Å². The van der Waals surface area contributed by atoms with Crippen LogP contribution < -0.4 is 0 Å². The minimum atomic E-state index is -1.13. The number of carboxylic acid groups (broad SMARTS) is 2. The molecule has 1 unspecified atom stereocenters. The number of carboxylic acids is 2. The van der Waals surface area contributed by atoms with E-state index in [0.29, 0.717) is 9.79 Å². The molecule has 2 rings (SSSR count). The van der Waals surface area contributed by atoms with Gasteiger partial charge in [-0.15, -0.1) is 0 Å². The van der Waals surface area contributed by atoms with Gasteiger partial charge in [-0.05, 0) is 30.3 Å². The second kappa shape index (κ2) is 7.28. The number of hydrogen-bond acceptors (Lipinski definition) is 3. The largest absolute Gasteiger partial charge is 0.478 e. The molecule has 0 aliphatic heterocycles. The predicted octanol–water partition coefficient (Wildman–Crippen LogP) is 4.57. The van der Waals surface area contributed by atoms with E-state index in [1.165, 1.54) is 35.1 Å². The SMILES string of the molecule is O=C(O)c1cccc(S[S+](Cl)c2ccc(Cl)c(C(=O)O)c2)c1. The summed E-state index contributed by atoms with van der Waals surface area (Å²) in [7, 11) is 6.69. The first kappa shape index (κ1) is 17.0. The van der Waals surface area contributed by atoms with Crippen molar-refractivity contribution >= 4 is 54.2 Å². The molecule has 0 fully saturated rings. The lowest BCUT2D eigenvalue weighted by atomic mass is 10.2. The normalized spacial score (nSPS) is 11.9. The van der Waals surface area contributed by atoms with Crippen LogP contribution in [0.25, 0.3) is 0 Å². The van der Waals surface area contributed by atoms with Gasteiger partial charge in [0.25, 0.3) is 0 Å². The lowest BCUT2D eigenvalue weighted by Gasteiger charge is -2.02. The van der Waals surface area contributed by atoms with E-state index >= 15 is 0 Å². The Morgan fingerprint density at radius 2 is 1.77 bits per heavy atom. The average Bonchev–Trinajstić information content (AvgIpc) is 2.47. The van der Waals surface area contributed by atoms with Gasteiger partial charge in [0.1, 0.15) is 0 Å². The molecule has 0 spiro atoms. The van der Waals surface area contributed by atoms with Gasteiger partial charge < -0.3 is 10.2 Å². The lowest BCUT2D eigenvalue weighted by molar-refractivity contribution is 0.0686. The molecule has 0 aliphatic rings. The molecule has 2 aromatic rings. The maximum Gasteiger partial charge on any atom is 0.337 e. The minimum Gasteiger partial charge on any atom is -0.478 e. The van der Waals surface area contributed by atoms with Gasteiger partial charge in [-0.3, -0.25) is 0 Å². The molecule has 0 bridgehead atoms. The van der Waals surface area contributed by atoms with Crippen molar-refractivity contribution in [1.29, 1.82) is 0 Å². The van der Waals surface area contributed by atoms with Gasteiger partial charge >= 0.3 is 11.9 Å². The van der Waals surface area contributed by atoms with Crippen LogP contribution in [0.3, 0.4) is 0 Å². The molecule has 1 atom stereocenters. The van der Waals surface area contributed by atoms with Crippen LogP contribution in [0.1, 0.15) is 20.7 Å². The number of aromatic carboxylic acids is 2. The number of rotatable bonds is 5. The summed E-state index contributed by atoms with van der Waals surface area (Å²) in [6, 6.07) is 10.9. The van der Waals surface area contributed by atoms with E-state index in [1.807, 2.05) is 0 Å². The minimum absolute atomic E-state index is 0.0165. The van der Waals surface area contributed by atoms with Crippen molar-refractivity contribution < 1.29 is 19.8 Å². The number of halogens is 2. The Morgan fingerprint density at radius 1 is 1.05 bits per heavy atom. The summed E-state index contributed by atoms with van der Waals surface area (Å²) in [6.07, 6.45) is 0. The molecule has 0 saturated carbocycles. The van der Waals surface area contributed by atoms with E-state index in [9.17, 15) is 9.59 Å². The van der Waals surface area contributed by atoms with Crippen molar-refractivity contribution in [2.45, 2.75) is 9.79 Å². The molecule has 0 aromatic heterocycles. The standard InChI is InChI=1S/C14H8Cl2O4S2/c15-12-5-4-10(7-11(12)14(19)20)22(16)21-9-3-1-2-8(6-9)13(17)18/h1-7H,(H-,17,18,19,20)/p+1. The van der Waals surface area contributed by atoms with Crippen molar-refractivity contribution in [1.82, 2.24) is 0 Å². The molecule has 114 valence electrons. The first-order chi connectivity index (χ1) is 10.4. The van der Waals surface area contributed by atoms with E-state index in [1.54, 1.807) is 18.2 Å². The highest BCUT2D eigenvalue weighted by molar-refractivity contribution is 8.82. The van der Waals surface area contributed by atoms with Crippen LogP contribution in [0.2, 0.25) is 5.02 Å².